The third-order valence-corrected chi connectivity index (χ3v) is 3.60. The van der Waals surface area contributed by atoms with Gasteiger partial charge in [-0.15, -0.1) is 0 Å². The molecule has 1 aromatic heterocycles. The molecule has 0 bridgehead atoms. The summed E-state index contributed by atoms with van der Waals surface area (Å²) >= 11 is 0. The topological polar surface area (TPSA) is 28.1 Å². The van der Waals surface area contributed by atoms with E-state index in [4.69, 9.17) is 0 Å². The number of aliphatic imine (C=N–C) groups is 1. The maximum absolute atomic E-state index is 13.1. The van der Waals surface area contributed by atoms with Gasteiger partial charge in [-0.3, -0.25) is 4.99 Å². The highest BCUT2D eigenvalue weighted by atomic mass is 19.4. The molecule has 0 fully saturated rings. The van der Waals surface area contributed by atoms with Crippen molar-refractivity contribution in [2.75, 3.05) is 0 Å². The molecule has 0 aliphatic rings. The molecule has 25 heavy (non-hydrogen) atoms. The van der Waals surface area contributed by atoms with E-state index in [-0.39, 0.29) is 0 Å². The summed E-state index contributed by atoms with van der Waals surface area (Å²) in [6.07, 6.45) is -7.29. The fourth-order valence-electron chi connectivity index (χ4n) is 2.49. The van der Waals surface area contributed by atoms with Gasteiger partial charge in [0.05, 0.1) is 22.3 Å². The first kappa shape index (κ1) is 17.1. The van der Waals surface area contributed by atoms with Crippen LogP contribution in [0.25, 0.3) is 10.9 Å². The Hall–Kier alpha value is -2.77. The van der Waals surface area contributed by atoms with Gasteiger partial charge >= 0.3 is 12.4 Å². The second kappa shape index (κ2) is 5.94. The monoisotopic (exact) mass is 356 g/mol. The molecule has 1 N–H and O–H groups in total. The maximum Gasteiger partial charge on any atom is 0.418 e. The molecule has 0 aliphatic carbocycles. The molecule has 130 valence electrons. The van der Waals surface area contributed by atoms with E-state index in [1.54, 1.807) is 30.5 Å². The van der Waals surface area contributed by atoms with Crippen molar-refractivity contribution in [2.24, 2.45) is 4.99 Å². The molecule has 0 atom stereocenters. The zero-order valence-corrected chi connectivity index (χ0v) is 12.4. The summed E-state index contributed by atoms with van der Waals surface area (Å²) < 4.78 is 78.6. The number of aromatic amines is 1. The van der Waals surface area contributed by atoms with Crippen LogP contribution in [0.15, 0.2) is 53.7 Å². The number of rotatable bonds is 2. The Labute approximate surface area is 137 Å². The minimum atomic E-state index is -4.95. The smallest absolute Gasteiger partial charge is 0.361 e. The molecular weight excluding hydrogens is 346 g/mol. The van der Waals surface area contributed by atoms with Gasteiger partial charge in [-0.25, -0.2) is 0 Å². The Morgan fingerprint density at radius 3 is 2.00 bits per heavy atom. The molecule has 0 saturated heterocycles. The fraction of sp³-hybridized carbons (Fsp3) is 0.118. The molecule has 2 nitrogen and oxygen atoms in total. The van der Waals surface area contributed by atoms with Crippen molar-refractivity contribution in [3.05, 3.63) is 65.4 Å². The van der Waals surface area contributed by atoms with Gasteiger partial charge in [0.1, 0.15) is 0 Å². The standard InChI is InChI=1S/C17H10F6N2/c18-16(19,20)12-5-2-6-13(17(21,22)23)15(12)25-9-11-4-1-3-10-7-8-24-14(10)11/h1-9,24H/b25-9+. The third-order valence-electron chi connectivity index (χ3n) is 3.60. The largest absolute Gasteiger partial charge is 0.418 e. The Bertz CT molecular complexity index is 902. The average molecular weight is 356 g/mol. The van der Waals surface area contributed by atoms with Crippen molar-refractivity contribution < 1.29 is 26.3 Å². The zero-order valence-electron chi connectivity index (χ0n) is 12.4. The van der Waals surface area contributed by atoms with Gasteiger partial charge in [-0.05, 0) is 18.2 Å². The van der Waals surface area contributed by atoms with Gasteiger partial charge in [-0.1, -0.05) is 24.3 Å². The molecule has 8 heteroatoms. The number of benzene rings is 2. The molecule has 2 aromatic carbocycles. The number of alkyl halides is 6. The fourth-order valence-corrected chi connectivity index (χ4v) is 2.49. The molecular formula is C17H10F6N2. The summed E-state index contributed by atoms with van der Waals surface area (Å²) in [5.41, 5.74) is -3.06. The Morgan fingerprint density at radius 2 is 1.40 bits per heavy atom. The summed E-state index contributed by atoms with van der Waals surface area (Å²) in [5.74, 6) is 0. The van der Waals surface area contributed by atoms with Crippen molar-refractivity contribution in [2.45, 2.75) is 12.4 Å². The molecule has 0 saturated carbocycles. The Balaban J connectivity index is 2.17. The summed E-state index contributed by atoms with van der Waals surface area (Å²) in [4.78, 5) is 6.43. The van der Waals surface area contributed by atoms with Gasteiger partial charge in [0.25, 0.3) is 0 Å². The van der Waals surface area contributed by atoms with Crippen LogP contribution in [0.4, 0.5) is 32.0 Å². The number of hydrogen-bond acceptors (Lipinski definition) is 1. The molecule has 3 aromatic rings. The van der Waals surface area contributed by atoms with Crippen molar-refractivity contribution in [1.29, 1.82) is 0 Å². The van der Waals surface area contributed by atoms with Crippen molar-refractivity contribution in [3.63, 3.8) is 0 Å². The van der Waals surface area contributed by atoms with Crippen LogP contribution in [-0.4, -0.2) is 11.2 Å². The van der Waals surface area contributed by atoms with Crippen LogP contribution in [0.1, 0.15) is 16.7 Å². The van der Waals surface area contributed by atoms with Gasteiger partial charge < -0.3 is 4.98 Å². The molecule has 0 spiro atoms. The number of nitrogens with zero attached hydrogens (tertiary/aromatic N) is 1. The van der Waals surface area contributed by atoms with Gasteiger partial charge in [0, 0.05) is 23.4 Å². The van der Waals surface area contributed by atoms with E-state index in [0.717, 1.165) is 17.7 Å². The van der Waals surface area contributed by atoms with Gasteiger partial charge in [0.2, 0.25) is 0 Å². The van der Waals surface area contributed by atoms with E-state index in [9.17, 15) is 26.3 Å². The summed E-state index contributed by atoms with van der Waals surface area (Å²) in [6, 6.07) is 8.56. The first-order valence-electron chi connectivity index (χ1n) is 7.05. The Kier molecular flexibility index (Phi) is 4.06. The first-order valence-corrected chi connectivity index (χ1v) is 7.05. The number of hydrogen-bond donors (Lipinski definition) is 1. The first-order chi connectivity index (χ1) is 11.7. The second-order valence-corrected chi connectivity index (χ2v) is 5.24. The lowest BCUT2D eigenvalue weighted by atomic mass is 10.1. The summed E-state index contributed by atoms with van der Waals surface area (Å²) in [7, 11) is 0. The lowest BCUT2D eigenvalue weighted by Crippen LogP contribution is -2.11. The highest BCUT2D eigenvalue weighted by molar-refractivity contribution is 5.98. The van der Waals surface area contributed by atoms with Crippen LogP contribution < -0.4 is 0 Å². The van der Waals surface area contributed by atoms with E-state index < -0.39 is 29.2 Å². The molecule has 0 aliphatic heterocycles. The van der Waals surface area contributed by atoms with Gasteiger partial charge in [0.15, 0.2) is 0 Å². The maximum atomic E-state index is 13.1. The minimum Gasteiger partial charge on any atom is -0.361 e. The summed E-state index contributed by atoms with van der Waals surface area (Å²) in [6.45, 7) is 0. The minimum absolute atomic E-state index is 0.382. The number of halogens is 6. The lowest BCUT2D eigenvalue weighted by Gasteiger charge is -2.15. The van der Waals surface area contributed by atoms with Crippen LogP contribution in [0.5, 0.6) is 0 Å². The van der Waals surface area contributed by atoms with Crippen LogP contribution in [0, 0.1) is 0 Å². The highest BCUT2D eigenvalue weighted by Gasteiger charge is 2.40. The van der Waals surface area contributed by atoms with E-state index in [1.807, 2.05) is 0 Å². The van der Waals surface area contributed by atoms with Gasteiger partial charge in [-0.2, -0.15) is 26.3 Å². The third kappa shape index (κ3) is 3.38. The van der Waals surface area contributed by atoms with Crippen LogP contribution in [-0.2, 0) is 12.4 Å². The number of para-hydroxylation sites is 2. The summed E-state index contributed by atoms with van der Waals surface area (Å²) in [5, 5.41) is 0.768. The number of aromatic nitrogens is 1. The lowest BCUT2D eigenvalue weighted by molar-refractivity contribution is -0.141. The second-order valence-electron chi connectivity index (χ2n) is 5.24. The average Bonchev–Trinajstić information content (AvgIpc) is 2.99. The zero-order chi connectivity index (χ0) is 18.2. The van der Waals surface area contributed by atoms with E-state index in [1.165, 1.54) is 0 Å². The van der Waals surface area contributed by atoms with E-state index in [2.05, 4.69) is 9.98 Å². The highest BCUT2D eigenvalue weighted by Crippen LogP contribution is 2.44. The van der Waals surface area contributed by atoms with E-state index >= 15 is 0 Å². The SMILES string of the molecule is FC(F)(F)c1cccc(C(F)(F)F)c1/N=C/c1cccc2cc[nH]c12. The van der Waals surface area contributed by atoms with E-state index in [0.29, 0.717) is 23.2 Å². The van der Waals surface area contributed by atoms with Crippen LogP contribution in [0.2, 0.25) is 0 Å². The molecule has 1 heterocycles. The quantitative estimate of drug-likeness (QED) is 0.434. The van der Waals surface area contributed by atoms with Crippen LogP contribution >= 0.6 is 0 Å². The predicted molar refractivity (Wildman–Crippen MR) is 82.0 cm³/mol. The number of H-pyrrole nitrogens is 1. The normalized spacial score (nSPS) is 13.0. The molecule has 0 amide bonds. The van der Waals surface area contributed by atoms with Crippen molar-refractivity contribution in [3.8, 4) is 0 Å². The Morgan fingerprint density at radius 1 is 0.800 bits per heavy atom. The van der Waals surface area contributed by atoms with Crippen molar-refractivity contribution >= 4 is 22.8 Å². The van der Waals surface area contributed by atoms with Crippen molar-refractivity contribution in [1.82, 2.24) is 4.98 Å². The molecule has 0 unspecified atom stereocenters. The molecule has 0 radical (unpaired) electrons. The number of fused-ring (bicyclic) bond motifs is 1. The van der Waals surface area contributed by atoms with Crippen LogP contribution in [0.3, 0.4) is 0 Å². The predicted octanol–water partition coefficient (Wildman–Crippen LogP) is 5.96. The number of nitrogens with one attached hydrogen (secondary N) is 1. The molecule has 3 rings (SSSR count).